The number of hydrogen-bond donors (Lipinski definition) is 2. The van der Waals surface area contributed by atoms with Crippen LogP contribution in [0.25, 0.3) is 0 Å². The number of allylic oxidation sites excluding steroid dienone is 1. The second-order valence-corrected chi connectivity index (χ2v) is 9.22. The Bertz CT molecular complexity index is 993. The molecule has 1 aromatic rings. The molecule has 0 saturated carbocycles. The van der Waals surface area contributed by atoms with Gasteiger partial charge in [0, 0.05) is 45.0 Å². The predicted molar refractivity (Wildman–Crippen MR) is 116 cm³/mol. The van der Waals surface area contributed by atoms with Gasteiger partial charge >= 0.3 is 6.03 Å². The van der Waals surface area contributed by atoms with Crippen LogP contribution in [0.3, 0.4) is 0 Å². The van der Waals surface area contributed by atoms with Gasteiger partial charge in [0.15, 0.2) is 0 Å². The van der Waals surface area contributed by atoms with Crippen LogP contribution in [0.5, 0.6) is 5.75 Å². The molecule has 0 bridgehead atoms. The Morgan fingerprint density at radius 1 is 1.20 bits per heavy atom. The van der Waals surface area contributed by atoms with Gasteiger partial charge in [0.25, 0.3) is 0 Å². The summed E-state index contributed by atoms with van der Waals surface area (Å²) >= 11 is 0. The molecule has 160 valence electrons. The Balaban J connectivity index is 1.24. The molecule has 4 rings (SSSR count). The standard InChI is InChI=1S/C20H25N5O4S/c1-29-16-4-2-15(3-5-16)25-12-10-24(11-13-25)9-8-21-30(27,28)17-6-7-18-19(14-17)23-20(26)22-18/h2-7,14,17,21H,8-13H2,1H3,(H,23,26). The fourth-order valence-electron chi connectivity index (χ4n) is 3.69. The van der Waals surface area contributed by atoms with E-state index < -0.39 is 21.3 Å². The van der Waals surface area contributed by atoms with E-state index in [0.29, 0.717) is 24.5 Å². The number of nitrogens with one attached hydrogen (secondary N) is 2. The minimum atomic E-state index is -3.57. The fourth-order valence-corrected chi connectivity index (χ4v) is 4.86. The highest BCUT2D eigenvalue weighted by Gasteiger charge is 2.28. The van der Waals surface area contributed by atoms with Gasteiger partial charge in [0.1, 0.15) is 11.0 Å². The Morgan fingerprint density at radius 3 is 2.63 bits per heavy atom. The first-order valence-electron chi connectivity index (χ1n) is 9.84. The monoisotopic (exact) mass is 431 g/mol. The summed E-state index contributed by atoms with van der Waals surface area (Å²) in [4.78, 5) is 19.6. The zero-order valence-corrected chi connectivity index (χ0v) is 17.6. The van der Waals surface area contributed by atoms with Crippen molar-refractivity contribution in [2.45, 2.75) is 5.25 Å². The van der Waals surface area contributed by atoms with Crippen molar-refractivity contribution in [2.24, 2.45) is 4.99 Å². The molecule has 2 amide bonds. The van der Waals surface area contributed by atoms with Crippen LogP contribution < -0.4 is 19.7 Å². The summed E-state index contributed by atoms with van der Waals surface area (Å²) in [6, 6.07) is 7.55. The SMILES string of the molecule is COc1ccc(N2CCN(CCNS(=O)(=O)C3C=CC4=NC(=O)NC4=C3)CC2)cc1. The number of amides is 2. The number of benzene rings is 1. The number of carbonyl (C=O) groups excluding carboxylic acids is 1. The molecule has 1 aromatic carbocycles. The van der Waals surface area contributed by atoms with Crippen molar-refractivity contribution >= 4 is 27.5 Å². The molecule has 0 spiro atoms. The van der Waals surface area contributed by atoms with Crippen LogP contribution in [0.15, 0.2) is 53.2 Å². The van der Waals surface area contributed by atoms with E-state index in [9.17, 15) is 13.2 Å². The first-order chi connectivity index (χ1) is 14.4. The van der Waals surface area contributed by atoms with E-state index in [1.54, 1.807) is 19.3 Å². The summed E-state index contributed by atoms with van der Waals surface area (Å²) in [6.07, 6.45) is 4.62. The van der Waals surface area contributed by atoms with E-state index in [-0.39, 0.29) is 0 Å². The molecule has 9 nitrogen and oxygen atoms in total. The first kappa shape index (κ1) is 20.6. The second-order valence-electron chi connectivity index (χ2n) is 7.30. The number of piperazine rings is 1. The van der Waals surface area contributed by atoms with E-state index in [0.717, 1.165) is 37.6 Å². The van der Waals surface area contributed by atoms with Crippen LogP contribution in [-0.2, 0) is 10.0 Å². The van der Waals surface area contributed by atoms with Gasteiger partial charge in [-0.2, -0.15) is 4.99 Å². The number of anilines is 1. The van der Waals surface area contributed by atoms with Gasteiger partial charge in [0.05, 0.1) is 18.5 Å². The maximum absolute atomic E-state index is 12.6. The third-order valence-corrected chi connectivity index (χ3v) is 7.03. The average molecular weight is 432 g/mol. The molecule has 10 heteroatoms. The van der Waals surface area contributed by atoms with Crippen LogP contribution in [0.2, 0.25) is 0 Å². The number of ether oxygens (including phenoxy) is 1. The predicted octanol–water partition coefficient (Wildman–Crippen LogP) is 0.723. The first-order valence-corrected chi connectivity index (χ1v) is 11.4. The summed E-state index contributed by atoms with van der Waals surface area (Å²) in [5.41, 5.74) is 2.09. The molecule has 1 atom stereocenters. The summed E-state index contributed by atoms with van der Waals surface area (Å²) in [7, 11) is -1.91. The Kier molecular flexibility index (Phi) is 5.89. The number of methoxy groups -OCH3 is 1. The minimum Gasteiger partial charge on any atom is -0.497 e. The summed E-state index contributed by atoms with van der Waals surface area (Å²) in [5, 5.41) is 1.72. The number of rotatable bonds is 7. The van der Waals surface area contributed by atoms with Gasteiger partial charge in [-0.1, -0.05) is 6.08 Å². The van der Waals surface area contributed by atoms with E-state index in [1.807, 2.05) is 12.1 Å². The highest BCUT2D eigenvalue weighted by Crippen LogP contribution is 2.20. The van der Waals surface area contributed by atoms with Crippen LogP contribution in [0.4, 0.5) is 10.5 Å². The van der Waals surface area contributed by atoms with Crippen molar-refractivity contribution in [3.8, 4) is 5.75 Å². The Hall–Kier alpha value is -2.69. The number of sulfonamides is 1. The highest BCUT2D eigenvalue weighted by molar-refractivity contribution is 7.90. The highest BCUT2D eigenvalue weighted by atomic mass is 32.2. The van der Waals surface area contributed by atoms with Crippen LogP contribution in [0.1, 0.15) is 0 Å². The molecule has 1 aliphatic carbocycles. The maximum Gasteiger partial charge on any atom is 0.346 e. The topological polar surface area (TPSA) is 103 Å². The molecule has 30 heavy (non-hydrogen) atoms. The largest absolute Gasteiger partial charge is 0.497 e. The average Bonchev–Trinajstić information content (AvgIpc) is 3.13. The van der Waals surface area contributed by atoms with Gasteiger partial charge in [0.2, 0.25) is 10.0 Å². The van der Waals surface area contributed by atoms with Crippen molar-refractivity contribution in [3.63, 3.8) is 0 Å². The van der Waals surface area contributed by atoms with Gasteiger partial charge in [-0.25, -0.2) is 17.9 Å². The number of nitrogens with zero attached hydrogens (tertiary/aromatic N) is 3. The fraction of sp³-hybridized carbons (Fsp3) is 0.400. The molecule has 0 radical (unpaired) electrons. The van der Waals surface area contributed by atoms with Crippen molar-refractivity contribution in [2.75, 3.05) is 51.3 Å². The lowest BCUT2D eigenvalue weighted by Gasteiger charge is -2.36. The quantitative estimate of drug-likeness (QED) is 0.660. The lowest BCUT2D eigenvalue weighted by molar-refractivity contribution is 0.253. The summed E-state index contributed by atoms with van der Waals surface area (Å²) in [5.74, 6) is 0.840. The van der Waals surface area contributed by atoms with Gasteiger partial charge in [-0.05, 0) is 36.4 Å². The van der Waals surface area contributed by atoms with Gasteiger partial charge < -0.3 is 15.0 Å². The third-order valence-electron chi connectivity index (χ3n) is 5.41. The Labute approximate surface area is 176 Å². The summed E-state index contributed by atoms with van der Waals surface area (Å²) in [6.45, 7) is 4.49. The number of aliphatic imine (C=N–C) groups is 1. The lowest BCUT2D eigenvalue weighted by atomic mass is 10.1. The zero-order valence-electron chi connectivity index (χ0n) is 16.7. The van der Waals surface area contributed by atoms with E-state index >= 15 is 0 Å². The number of carbonyl (C=O) groups is 1. The van der Waals surface area contributed by atoms with Crippen molar-refractivity contribution in [3.05, 3.63) is 48.2 Å². The number of hydrogen-bond acceptors (Lipinski definition) is 6. The molecule has 2 aliphatic heterocycles. The van der Waals surface area contributed by atoms with E-state index in [2.05, 4.69) is 37.0 Å². The molecule has 1 fully saturated rings. The molecule has 2 N–H and O–H groups in total. The van der Waals surface area contributed by atoms with Crippen molar-refractivity contribution in [1.82, 2.24) is 14.9 Å². The normalized spacial score (nSPS) is 21.7. The molecule has 1 unspecified atom stereocenters. The summed E-state index contributed by atoms with van der Waals surface area (Å²) < 4.78 is 33.1. The molecule has 1 saturated heterocycles. The van der Waals surface area contributed by atoms with Crippen LogP contribution in [-0.4, -0.2) is 76.7 Å². The third kappa shape index (κ3) is 4.55. The molecule has 3 aliphatic rings. The smallest absolute Gasteiger partial charge is 0.346 e. The van der Waals surface area contributed by atoms with Crippen molar-refractivity contribution < 1.29 is 17.9 Å². The molecular weight excluding hydrogens is 406 g/mol. The Morgan fingerprint density at radius 2 is 1.93 bits per heavy atom. The molecular formula is C20H25N5O4S. The van der Waals surface area contributed by atoms with E-state index in [4.69, 9.17) is 4.74 Å². The van der Waals surface area contributed by atoms with Crippen LogP contribution >= 0.6 is 0 Å². The van der Waals surface area contributed by atoms with Gasteiger partial charge in [-0.3, -0.25) is 4.90 Å². The van der Waals surface area contributed by atoms with Crippen molar-refractivity contribution in [1.29, 1.82) is 0 Å². The van der Waals surface area contributed by atoms with E-state index in [1.165, 1.54) is 6.08 Å². The van der Waals surface area contributed by atoms with Gasteiger partial charge in [-0.15, -0.1) is 0 Å². The zero-order chi connectivity index (χ0) is 21.1. The number of fused-ring (bicyclic) bond motifs is 1. The maximum atomic E-state index is 12.6. The second kappa shape index (κ2) is 8.58. The molecule has 0 aromatic heterocycles. The number of urea groups is 1. The molecule has 2 heterocycles. The lowest BCUT2D eigenvalue weighted by Crippen LogP contribution is -2.49. The minimum absolute atomic E-state index is 0.339. The van der Waals surface area contributed by atoms with Crippen LogP contribution in [0, 0.1) is 0 Å².